The van der Waals surface area contributed by atoms with Gasteiger partial charge in [0.25, 0.3) is 0 Å². The van der Waals surface area contributed by atoms with E-state index in [2.05, 4.69) is 20.1 Å². The average molecular weight is 392 g/mol. The largest absolute Gasteiger partial charge is 0.493 e. The molecule has 9 nitrogen and oxygen atoms in total. The lowest BCUT2D eigenvalue weighted by Crippen LogP contribution is -2.02. The van der Waals surface area contributed by atoms with Crippen molar-refractivity contribution in [2.45, 2.75) is 6.54 Å². The van der Waals surface area contributed by atoms with Crippen molar-refractivity contribution in [3.8, 4) is 28.5 Å². The van der Waals surface area contributed by atoms with Crippen LogP contribution < -0.4 is 19.9 Å². The Bertz CT molecular complexity index is 1150. The molecular formula is C20H20N6O3. The molecule has 0 aliphatic carbocycles. The first-order valence-corrected chi connectivity index (χ1v) is 8.82. The summed E-state index contributed by atoms with van der Waals surface area (Å²) < 4.78 is 18.0. The van der Waals surface area contributed by atoms with Crippen LogP contribution in [0.4, 0.5) is 5.82 Å². The normalized spacial score (nSPS) is 10.9. The third-order valence-electron chi connectivity index (χ3n) is 4.43. The fourth-order valence-electron chi connectivity index (χ4n) is 3.05. The molecule has 0 bridgehead atoms. The molecule has 3 heterocycles. The van der Waals surface area contributed by atoms with E-state index in [1.807, 2.05) is 18.3 Å². The zero-order valence-corrected chi connectivity index (χ0v) is 16.3. The fourth-order valence-corrected chi connectivity index (χ4v) is 3.05. The molecule has 0 aliphatic heterocycles. The maximum absolute atomic E-state index is 5.75. The van der Waals surface area contributed by atoms with Crippen molar-refractivity contribution in [1.82, 2.24) is 24.7 Å². The summed E-state index contributed by atoms with van der Waals surface area (Å²) in [4.78, 5) is 13.2. The van der Waals surface area contributed by atoms with Crippen LogP contribution in [-0.2, 0) is 6.54 Å². The molecule has 3 aromatic heterocycles. The van der Waals surface area contributed by atoms with Crippen LogP contribution in [0.25, 0.3) is 22.4 Å². The molecule has 148 valence electrons. The number of methoxy groups -OCH3 is 3. The molecule has 0 saturated heterocycles. The second-order valence-electron chi connectivity index (χ2n) is 6.29. The lowest BCUT2D eigenvalue weighted by molar-refractivity contribution is 0.323. The van der Waals surface area contributed by atoms with Crippen LogP contribution in [0.1, 0.15) is 5.56 Å². The summed E-state index contributed by atoms with van der Waals surface area (Å²) in [6.07, 6.45) is 5.33. The number of pyridine rings is 1. The Morgan fingerprint density at radius 1 is 0.966 bits per heavy atom. The van der Waals surface area contributed by atoms with E-state index in [1.54, 1.807) is 50.5 Å². The highest BCUT2D eigenvalue weighted by atomic mass is 16.5. The standard InChI is InChI=1S/C20H20N6O3/c1-27-16-6-12(7-17(28-2)19(16)29-3)10-26-11-13(8-23-26)15-9-22-14-4-5-18(21)25-20(14)24-15/h4-9,11H,10H2,1-3H3,(H2,21,24,25). The minimum absolute atomic E-state index is 0.405. The van der Waals surface area contributed by atoms with Crippen LogP contribution in [0.2, 0.25) is 0 Å². The van der Waals surface area contributed by atoms with Crippen molar-refractivity contribution >= 4 is 17.0 Å². The highest BCUT2D eigenvalue weighted by Crippen LogP contribution is 2.38. The van der Waals surface area contributed by atoms with Crippen LogP contribution >= 0.6 is 0 Å². The zero-order valence-electron chi connectivity index (χ0n) is 16.3. The smallest absolute Gasteiger partial charge is 0.203 e. The minimum atomic E-state index is 0.405. The molecule has 9 heteroatoms. The van der Waals surface area contributed by atoms with E-state index in [1.165, 1.54) is 0 Å². The minimum Gasteiger partial charge on any atom is -0.493 e. The molecule has 0 saturated carbocycles. The van der Waals surface area contributed by atoms with Crippen molar-refractivity contribution in [1.29, 1.82) is 0 Å². The van der Waals surface area contributed by atoms with Gasteiger partial charge in [-0.15, -0.1) is 0 Å². The number of anilines is 1. The highest BCUT2D eigenvalue weighted by Gasteiger charge is 2.14. The van der Waals surface area contributed by atoms with Gasteiger partial charge < -0.3 is 19.9 Å². The number of rotatable bonds is 6. The van der Waals surface area contributed by atoms with Gasteiger partial charge in [-0.3, -0.25) is 9.67 Å². The monoisotopic (exact) mass is 392 g/mol. The Kier molecular flexibility index (Phi) is 4.86. The molecule has 0 unspecified atom stereocenters. The number of nitrogens with zero attached hydrogens (tertiary/aromatic N) is 5. The van der Waals surface area contributed by atoms with Gasteiger partial charge in [0.2, 0.25) is 5.75 Å². The zero-order chi connectivity index (χ0) is 20.4. The number of fused-ring (bicyclic) bond motifs is 1. The summed E-state index contributed by atoms with van der Waals surface area (Å²) in [5.74, 6) is 2.15. The van der Waals surface area contributed by atoms with Crippen molar-refractivity contribution in [3.63, 3.8) is 0 Å². The first-order chi connectivity index (χ1) is 14.1. The number of nitrogens with two attached hydrogens (primary N) is 1. The Morgan fingerprint density at radius 2 is 1.72 bits per heavy atom. The topological polar surface area (TPSA) is 110 Å². The summed E-state index contributed by atoms with van der Waals surface area (Å²) in [6, 6.07) is 7.28. The Balaban J connectivity index is 1.63. The van der Waals surface area contributed by atoms with Gasteiger partial charge in [0, 0.05) is 11.8 Å². The molecule has 0 radical (unpaired) electrons. The maximum atomic E-state index is 5.75. The van der Waals surface area contributed by atoms with Gasteiger partial charge >= 0.3 is 0 Å². The third kappa shape index (κ3) is 3.62. The van der Waals surface area contributed by atoms with Gasteiger partial charge in [0.15, 0.2) is 17.1 Å². The van der Waals surface area contributed by atoms with E-state index < -0.39 is 0 Å². The molecule has 2 N–H and O–H groups in total. The van der Waals surface area contributed by atoms with Gasteiger partial charge in [0.05, 0.1) is 46.0 Å². The molecule has 0 amide bonds. The quantitative estimate of drug-likeness (QED) is 0.533. The SMILES string of the molecule is COc1cc(Cn2cc(-c3cnc4ccc(N)nc4n3)cn2)cc(OC)c1OC. The van der Waals surface area contributed by atoms with Crippen molar-refractivity contribution < 1.29 is 14.2 Å². The van der Waals surface area contributed by atoms with Crippen molar-refractivity contribution in [3.05, 3.63) is 48.4 Å². The summed E-state index contributed by atoms with van der Waals surface area (Å²) in [6.45, 7) is 0.517. The first kappa shape index (κ1) is 18.5. The number of benzene rings is 1. The number of ether oxygens (including phenoxy) is 3. The predicted molar refractivity (Wildman–Crippen MR) is 108 cm³/mol. The van der Waals surface area contributed by atoms with E-state index in [-0.39, 0.29) is 0 Å². The Labute approximate surface area is 167 Å². The van der Waals surface area contributed by atoms with Gasteiger partial charge in [-0.2, -0.15) is 5.10 Å². The van der Waals surface area contributed by atoms with E-state index in [0.717, 1.165) is 11.1 Å². The molecule has 4 rings (SSSR count). The number of hydrogen-bond acceptors (Lipinski definition) is 8. The van der Waals surface area contributed by atoms with Crippen LogP contribution in [0, 0.1) is 0 Å². The predicted octanol–water partition coefficient (Wildman–Crippen LogP) is 2.54. The lowest BCUT2D eigenvalue weighted by Gasteiger charge is -2.14. The molecule has 0 spiro atoms. The summed E-state index contributed by atoms with van der Waals surface area (Å²) in [5, 5.41) is 4.43. The van der Waals surface area contributed by atoms with E-state index >= 15 is 0 Å². The fraction of sp³-hybridized carbons (Fsp3) is 0.200. The van der Waals surface area contributed by atoms with E-state index in [4.69, 9.17) is 19.9 Å². The molecule has 0 atom stereocenters. The maximum Gasteiger partial charge on any atom is 0.203 e. The number of aromatic nitrogens is 5. The summed E-state index contributed by atoms with van der Waals surface area (Å²) in [5.41, 5.74) is 9.39. The molecule has 0 fully saturated rings. The van der Waals surface area contributed by atoms with Gasteiger partial charge in [-0.05, 0) is 29.8 Å². The second-order valence-corrected chi connectivity index (χ2v) is 6.29. The molecule has 29 heavy (non-hydrogen) atoms. The van der Waals surface area contributed by atoms with Gasteiger partial charge in [0.1, 0.15) is 11.3 Å². The lowest BCUT2D eigenvalue weighted by atomic mass is 10.2. The van der Waals surface area contributed by atoms with Crippen molar-refractivity contribution in [2.24, 2.45) is 0 Å². The summed E-state index contributed by atoms with van der Waals surface area (Å²) >= 11 is 0. The van der Waals surface area contributed by atoms with Gasteiger partial charge in [-0.1, -0.05) is 0 Å². The Morgan fingerprint density at radius 3 is 2.41 bits per heavy atom. The van der Waals surface area contributed by atoms with Crippen LogP contribution in [0.3, 0.4) is 0 Å². The van der Waals surface area contributed by atoms with Crippen LogP contribution in [-0.4, -0.2) is 46.1 Å². The van der Waals surface area contributed by atoms with E-state index in [0.29, 0.717) is 46.5 Å². The second kappa shape index (κ2) is 7.63. The summed E-state index contributed by atoms with van der Waals surface area (Å²) in [7, 11) is 4.76. The van der Waals surface area contributed by atoms with E-state index in [9.17, 15) is 0 Å². The van der Waals surface area contributed by atoms with Crippen LogP contribution in [0.15, 0.2) is 42.9 Å². The molecular weight excluding hydrogens is 372 g/mol. The average Bonchev–Trinajstić information content (AvgIpc) is 3.20. The van der Waals surface area contributed by atoms with Crippen LogP contribution in [0.5, 0.6) is 17.2 Å². The number of hydrogen-bond donors (Lipinski definition) is 1. The first-order valence-electron chi connectivity index (χ1n) is 8.82. The van der Waals surface area contributed by atoms with Gasteiger partial charge in [-0.25, -0.2) is 9.97 Å². The van der Waals surface area contributed by atoms with Crippen molar-refractivity contribution in [2.75, 3.05) is 27.1 Å². The molecule has 4 aromatic rings. The third-order valence-corrected chi connectivity index (χ3v) is 4.43. The Hall–Kier alpha value is -3.88. The highest BCUT2D eigenvalue weighted by molar-refractivity contribution is 5.74. The molecule has 1 aromatic carbocycles. The number of nitrogen functional groups attached to an aromatic ring is 1. The molecule has 0 aliphatic rings.